The van der Waals surface area contributed by atoms with Crippen LogP contribution in [0.5, 0.6) is 17.2 Å². The molecule has 0 fully saturated rings. The minimum Gasteiger partial charge on any atom is -0.495 e. The SMILES string of the molecule is COc1ccc(Cl)cc1NC(=O)[C@H](C)N(C)C[C@@H]1COc2ccccc2O1. The number of ether oxygens (including phenoxy) is 3. The first-order valence-corrected chi connectivity index (χ1v) is 9.09. The Morgan fingerprint density at radius 3 is 2.81 bits per heavy atom. The molecule has 0 bridgehead atoms. The van der Waals surface area contributed by atoms with Crippen molar-refractivity contribution < 1.29 is 19.0 Å². The molecule has 0 spiro atoms. The Labute approximate surface area is 164 Å². The Morgan fingerprint density at radius 1 is 1.33 bits per heavy atom. The van der Waals surface area contributed by atoms with Crippen LogP contribution < -0.4 is 19.5 Å². The number of hydrogen-bond donors (Lipinski definition) is 1. The molecular formula is C20H23ClN2O4. The monoisotopic (exact) mass is 390 g/mol. The first-order valence-electron chi connectivity index (χ1n) is 8.71. The minimum absolute atomic E-state index is 0.152. The van der Waals surface area contributed by atoms with Gasteiger partial charge in [-0.2, -0.15) is 0 Å². The van der Waals surface area contributed by atoms with Gasteiger partial charge in [-0.15, -0.1) is 0 Å². The van der Waals surface area contributed by atoms with E-state index in [0.717, 1.165) is 11.5 Å². The quantitative estimate of drug-likeness (QED) is 0.818. The fraction of sp³-hybridized carbons (Fsp3) is 0.350. The predicted molar refractivity (Wildman–Crippen MR) is 105 cm³/mol. The largest absolute Gasteiger partial charge is 0.495 e. The minimum atomic E-state index is -0.380. The summed E-state index contributed by atoms with van der Waals surface area (Å²) in [5.74, 6) is 1.87. The lowest BCUT2D eigenvalue weighted by molar-refractivity contribution is -0.120. The summed E-state index contributed by atoms with van der Waals surface area (Å²) in [6, 6.07) is 12.3. The van der Waals surface area contributed by atoms with Crippen LogP contribution >= 0.6 is 11.6 Å². The van der Waals surface area contributed by atoms with Crippen molar-refractivity contribution in [1.82, 2.24) is 4.90 Å². The number of amides is 1. The first-order chi connectivity index (χ1) is 13.0. The molecule has 2 atom stereocenters. The lowest BCUT2D eigenvalue weighted by atomic mass is 10.2. The summed E-state index contributed by atoms with van der Waals surface area (Å²) in [6.45, 7) is 2.83. The highest BCUT2D eigenvalue weighted by Crippen LogP contribution is 2.31. The number of halogens is 1. The number of hydrogen-bond acceptors (Lipinski definition) is 5. The molecule has 1 aliphatic rings. The van der Waals surface area contributed by atoms with E-state index in [1.165, 1.54) is 0 Å². The summed E-state index contributed by atoms with van der Waals surface area (Å²) < 4.78 is 17.0. The Kier molecular flexibility index (Phi) is 6.08. The molecule has 6 nitrogen and oxygen atoms in total. The Balaban J connectivity index is 1.60. The number of nitrogens with one attached hydrogen (secondary N) is 1. The van der Waals surface area contributed by atoms with Crippen LogP contribution in [0.3, 0.4) is 0 Å². The summed E-state index contributed by atoms with van der Waals surface area (Å²) in [5, 5.41) is 3.40. The summed E-state index contributed by atoms with van der Waals surface area (Å²) in [6.07, 6.45) is -0.152. The molecule has 1 aliphatic heterocycles. The third kappa shape index (κ3) is 4.64. The summed E-state index contributed by atoms with van der Waals surface area (Å²) in [5.41, 5.74) is 0.543. The van der Waals surface area contributed by atoms with Gasteiger partial charge < -0.3 is 19.5 Å². The van der Waals surface area contributed by atoms with Gasteiger partial charge in [-0.25, -0.2) is 0 Å². The standard InChI is InChI=1S/C20H23ClN2O4/c1-13(20(24)22-16-10-14(21)8-9-17(16)25-3)23(2)11-15-12-26-18-6-4-5-7-19(18)27-15/h4-10,13,15H,11-12H2,1-3H3,(H,22,24)/t13-,15+/m0/s1. The van der Waals surface area contributed by atoms with Gasteiger partial charge in [0, 0.05) is 11.6 Å². The number of anilines is 1. The van der Waals surface area contributed by atoms with Crippen LogP contribution in [0, 0.1) is 0 Å². The van der Waals surface area contributed by atoms with E-state index in [1.807, 2.05) is 43.1 Å². The smallest absolute Gasteiger partial charge is 0.241 e. The van der Waals surface area contributed by atoms with Gasteiger partial charge in [0.1, 0.15) is 18.5 Å². The molecule has 0 aromatic heterocycles. The zero-order valence-electron chi connectivity index (χ0n) is 15.6. The fourth-order valence-corrected chi connectivity index (χ4v) is 3.02. The number of nitrogens with zero attached hydrogens (tertiary/aromatic N) is 1. The van der Waals surface area contributed by atoms with E-state index in [2.05, 4.69) is 5.32 Å². The van der Waals surface area contributed by atoms with Crippen molar-refractivity contribution in [3.63, 3.8) is 0 Å². The van der Waals surface area contributed by atoms with E-state index in [9.17, 15) is 4.79 Å². The maximum Gasteiger partial charge on any atom is 0.241 e. The molecule has 144 valence electrons. The van der Waals surface area contributed by atoms with Crippen LogP contribution in [0.4, 0.5) is 5.69 Å². The first kappa shape index (κ1) is 19.3. The van der Waals surface area contributed by atoms with Gasteiger partial charge in [0.25, 0.3) is 0 Å². The van der Waals surface area contributed by atoms with E-state index < -0.39 is 0 Å². The van der Waals surface area contributed by atoms with Crippen molar-refractivity contribution in [3.05, 3.63) is 47.5 Å². The van der Waals surface area contributed by atoms with Crippen LogP contribution in [0.25, 0.3) is 0 Å². The average Bonchev–Trinajstić information content (AvgIpc) is 2.67. The van der Waals surface area contributed by atoms with Gasteiger partial charge in [0.05, 0.1) is 18.8 Å². The van der Waals surface area contributed by atoms with Crippen molar-refractivity contribution >= 4 is 23.2 Å². The molecule has 1 N–H and O–H groups in total. The van der Waals surface area contributed by atoms with E-state index in [1.54, 1.807) is 25.3 Å². The van der Waals surface area contributed by atoms with E-state index in [4.69, 9.17) is 25.8 Å². The van der Waals surface area contributed by atoms with Crippen molar-refractivity contribution in [2.75, 3.05) is 32.6 Å². The maximum atomic E-state index is 12.6. The number of carbonyl (C=O) groups excluding carboxylic acids is 1. The highest BCUT2D eigenvalue weighted by atomic mass is 35.5. The molecule has 7 heteroatoms. The topological polar surface area (TPSA) is 60.0 Å². The van der Waals surface area contributed by atoms with Gasteiger partial charge in [-0.05, 0) is 44.3 Å². The highest BCUT2D eigenvalue weighted by molar-refractivity contribution is 6.31. The lowest BCUT2D eigenvalue weighted by Gasteiger charge is -2.31. The number of carbonyl (C=O) groups is 1. The normalized spacial score (nSPS) is 16.7. The van der Waals surface area contributed by atoms with E-state index >= 15 is 0 Å². The number of methoxy groups -OCH3 is 1. The van der Waals surface area contributed by atoms with Crippen LogP contribution in [-0.4, -0.2) is 50.3 Å². The average molecular weight is 391 g/mol. The Hall–Kier alpha value is -2.44. The van der Waals surface area contributed by atoms with Gasteiger partial charge >= 0.3 is 0 Å². The maximum absolute atomic E-state index is 12.6. The van der Waals surface area contributed by atoms with Gasteiger partial charge in [-0.1, -0.05) is 23.7 Å². The molecule has 1 amide bonds. The molecule has 0 saturated heterocycles. The Morgan fingerprint density at radius 2 is 2.07 bits per heavy atom. The molecule has 1 heterocycles. The highest BCUT2D eigenvalue weighted by Gasteiger charge is 2.26. The van der Waals surface area contributed by atoms with Crippen molar-refractivity contribution in [2.45, 2.75) is 19.1 Å². The van der Waals surface area contributed by atoms with Gasteiger partial charge in [-0.3, -0.25) is 9.69 Å². The predicted octanol–water partition coefficient (Wildman–Crippen LogP) is 3.45. The second kappa shape index (κ2) is 8.50. The number of likely N-dealkylation sites (N-methyl/N-ethyl adjacent to an activating group) is 1. The number of rotatable bonds is 6. The van der Waals surface area contributed by atoms with Crippen molar-refractivity contribution in [2.24, 2.45) is 0 Å². The fourth-order valence-electron chi connectivity index (χ4n) is 2.85. The molecule has 2 aromatic rings. The molecule has 0 saturated carbocycles. The van der Waals surface area contributed by atoms with Crippen molar-refractivity contribution in [1.29, 1.82) is 0 Å². The summed E-state index contributed by atoms with van der Waals surface area (Å²) in [4.78, 5) is 14.6. The second-order valence-corrected chi connectivity index (χ2v) is 6.88. The number of fused-ring (bicyclic) bond motifs is 1. The second-order valence-electron chi connectivity index (χ2n) is 6.45. The van der Waals surface area contributed by atoms with Gasteiger partial charge in [0.15, 0.2) is 11.5 Å². The Bertz CT molecular complexity index is 814. The molecular weight excluding hydrogens is 368 g/mol. The van der Waals surface area contributed by atoms with Crippen molar-refractivity contribution in [3.8, 4) is 17.2 Å². The molecule has 3 rings (SSSR count). The summed E-state index contributed by atoms with van der Waals surface area (Å²) in [7, 11) is 3.43. The molecule has 27 heavy (non-hydrogen) atoms. The summed E-state index contributed by atoms with van der Waals surface area (Å²) >= 11 is 6.02. The zero-order chi connectivity index (χ0) is 19.4. The third-order valence-corrected chi connectivity index (χ3v) is 4.75. The number of para-hydroxylation sites is 2. The van der Waals surface area contributed by atoms with Crippen LogP contribution in [0.1, 0.15) is 6.92 Å². The third-order valence-electron chi connectivity index (χ3n) is 4.52. The molecule has 2 aromatic carbocycles. The van der Waals surface area contributed by atoms with E-state index in [0.29, 0.717) is 29.6 Å². The van der Waals surface area contributed by atoms with Crippen LogP contribution in [0.2, 0.25) is 5.02 Å². The lowest BCUT2D eigenvalue weighted by Crippen LogP contribution is -2.46. The van der Waals surface area contributed by atoms with E-state index in [-0.39, 0.29) is 18.1 Å². The van der Waals surface area contributed by atoms with Crippen LogP contribution in [0.15, 0.2) is 42.5 Å². The number of benzene rings is 2. The molecule has 0 aliphatic carbocycles. The molecule has 0 unspecified atom stereocenters. The van der Waals surface area contributed by atoms with Gasteiger partial charge in [0.2, 0.25) is 5.91 Å². The molecule has 0 radical (unpaired) electrons. The van der Waals surface area contributed by atoms with Crippen LogP contribution in [-0.2, 0) is 4.79 Å². The zero-order valence-corrected chi connectivity index (χ0v) is 16.3.